The summed E-state index contributed by atoms with van der Waals surface area (Å²) in [6.07, 6.45) is 3.28. The molecule has 1 aliphatic carbocycles. The predicted molar refractivity (Wildman–Crippen MR) is 98.6 cm³/mol. The molecule has 2 aromatic rings. The van der Waals surface area contributed by atoms with Gasteiger partial charge < -0.3 is 20.5 Å². The van der Waals surface area contributed by atoms with E-state index in [0.29, 0.717) is 29.8 Å². The number of amides is 1. The van der Waals surface area contributed by atoms with E-state index in [4.69, 9.17) is 15.2 Å². The van der Waals surface area contributed by atoms with Crippen molar-refractivity contribution in [2.45, 2.75) is 38.1 Å². The maximum atomic E-state index is 12.1. The van der Waals surface area contributed by atoms with Crippen LogP contribution in [0.15, 0.2) is 36.5 Å². The number of benzene rings is 1. The second-order valence-electron chi connectivity index (χ2n) is 7.29. The summed E-state index contributed by atoms with van der Waals surface area (Å²) in [7, 11) is 0. The van der Waals surface area contributed by atoms with Crippen LogP contribution in [0.25, 0.3) is 0 Å². The molecule has 0 bridgehead atoms. The highest BCUT2D eigenvalue weighted by Gasteiger charge is 2.45. The zero-order chi connectivity index (χ0) is 18.3. The number of fused-ring (bicyclic) bond motifs is 3. The van der Waals surface area contributed by atoms with Crippen molar-refractivity contribution in [3.63, 3.8) is 0 Å². The molecule has 1 saturated carbocycles. The molecule has 1 fully saturated rings. The minimum atomic E-state index is -0.904. The molecule has 0 spiro atoms. The molecule has 2 aliphatic rings. The van der Waals surface area contributed by atoms with Crippen LogP contribution in [-0.4, -0.2) is 23.0 Å². The normalized spacial score (nSPS) is 22.3. The van der Waals surface area contributed by atoms with Crippen LogP contribution < -0.4 is 20.5 Å². The Bertz CT molecular complexity index is 833. The van der Waals surface area contributed by atoms with Crippen molar-refractivity contribution in [1.29, 1.82) is 0 Å². The molecule has 1 amide bonds. The van der Waals surface area contributed by atoms with E-state index in [1.807, 2.05) is 25.1 Å². The molecule has 1 aromatic heterocycles. The topological polar surface area (TPSA) is 86.5 Å². The lowest BCUT2D eigenvalue weighted by Gasteiger charge is -2.21. The van der Waals surface area contributed by atoms with Crippen molar-refractivity contribution in [2.75, 3.05) is 11.9 Å². The Morgan fingerprint density at radius 2 is 2.27 bits per heavy atom. The van der Waals surface area contributed by atoms with Crippen LogP contribution in [0.5, 0.6) is 17.4 Å². The molecule has 3 unspecified atom stereocenters. The highest BCUT2D eigenvalue weighted by atomic mass is 16.5. The maximum Gasteiger partial charge on any atom is 0.244 e. The smallest absolute Gasteiger partial charge is 0.244 e. The molecule has 0 saturated heterocycles. The Kier molecular flexibility index (Phi) is 4.07. The minimum absolute atomic E-state index is 0.232. The number of anilines is 1. The third kappa shape index (κ3) is 3.12. The Morgan fingerprint density at radius 1 is 1.42 bits per heavy atom. The van der Waals surface area contributed by atoms with E-state index in [1.165, 1.54) is 0 Å². The van der Waals surface area contributed by atoms with E-state index in [9.17, 15) is 4.79 Å². The van der Waals surface area contributed by atoms with Crippen molar-refractivity contribution < 1.29 is 14.3 Å². The van der Waals surface area contributed by atoms with E-state index < -0.39 is 5.54 Å². The van der Waals surface area contributed by atoms with Crippen molar-refractivity contribution in [3.8, 4) is 17.4 Å². The van der Waals surface area contributed by atoms with E-state index in [-0.39, 0.29) is 5.91 Å². The summed E-state index contributed by atoms with van der Waals surface area (Å²) in [4.78, 5) is 16.4. The molecule has 2 heterocycles. The predicted octanol–water partition coefficient (Wildman–Crippen LogP) is 3.44. The summed E-state index contributed by atoms with van der Waals surface area (Å²) in [5.74, 6) is 3.09. The van der Waals surface area contributed by atoms with E-state index in [0.717, 1.165) is 30.1 Å². The zero-order valence-corrected chi connectivity index (χ0v) is 15.0. The molecule has 0 radical (unpaired) electrons. The van der Waals surface area contributed by atoms with Crippen LogP contribution in [0.1, 0.15) is 38.2 Å². The first kappa shape index (κ1) is 16.8. The van der Waals surface area contributed by atoms with Gasteiger partial charge in [0, 0.05) is 17.5 Å². The zero-order valence-electron chi connectivity index (χ0n) is 15.0. The fourth-order valence-corrected chi connectivity index (χ4v) is 3.15. The molecule has 1 aromatic carbocycles. The lowest BCUT2D eigenvalue weighted by atomic mass is 9.99. The number of ether oxygens (including phenoxy) is 2. The Balaban J connectivity index is 1.48. The van der Waals surface area contributed by atoms with E-state index >= 15 is 0 Å². The fourth-order valence-electron chi connectivity index (χ4n) is 3.15. The van der Waals surface area contributed by atoms with E-state index in [1.54, 1.807) is 25.3 Å². The molecule has 6 nitrogen and oxygen atoms in total. The quantitative estimate of drug-likeness (QED) is 0.860. The molecule has 3 N–H and O–H groups in total. The standard InChI is InChI=1S/C20H23N3O3/c1-3-20(2,21)19(24)23-13-7-8-17(22-10-13)26-16-6-4-5-15-18(16)14-9-12(14)11-25-15/h4-8,10,12,14H,3,9,11,21H2,1-2H3,(H,23,24). The molecule has 4 rings (SSSR count). The summed E-state index contributed by atoms with van der Waals surface area (Å²) in [6, 6.07) is 9.36. The molecular formula is C20H23N3O3. The largest absolute Gasteiger partial charge is 0.493 e. The lowest BCUT2D eigenvalue weighted by Crippen LogP contribution is -2.47. The van der Waals surface area contributed by atoms with Gasteiger partial charge >= 0.3 is 0 Å². The number of carbonyl (C=O) groups is 1. The minimum Gasteiger partial charge on any atom is -0.493 e. The first-order valence-corrected chi connectivity index (χ1v) is 8.98. The second-order valence-corrected chi connectivity index (χ2v) is 7.29. The third-order valence-corrected chi connectivity index (χ3v) is 5.23. The van der Waals surface area contributed by atoms with Gasteiger partial charge in [-0.15, -0.1) is 0 Å². The number of nitrogens with one attached hydrogen (secondary N) is 1. The molecule has 3 atom stereocenters. The van der Waals surface area contributed by atoms with Crippen LogP contribution in [0, 0.1) is 5.92 Å². The van der Waals surface area contributed by atoms with Crippen LogP contribution in [-0.2, 0) is 4.79 Å². The SMILES string of the molecule is CCC(C)(N)C(=O)Nc1ccc(Oc2cccc3c2C2CC2CO3)nc1. The highest BCUT2D eigenvalue weighted by Crippen LogP contribution is 2.57. The monoisotopic (exact) mass is 353 g/mol. The van der Waals surface area contributed by atoms with Crippen molar-refractivity contribution >= 4 is 11.6 Å². The third-order valence-electron chi connectivity index (χ3n) is 5.23. The van der Waals surface area contributed by atoms with Crippen LogP contribution in [0.4, 0.5) is 5.69 Å². The van der Waals surface area contributed by atoms with Gasteiger partial charge in [0.15, 0.2) is 0 Å². The van der Waals surface area contributed by atoms with Crippen molar-refractivity contribution in [3.05, 3.63) is 42.1 Å². The number of hydrogen-bond acceptors (Lipinski definition) is 5. The lowest BCUT2D eigenvalue weighted by molar-refractivity contribution is -0.120. The van der Waals surface area contributed by atoms with Gasteiger partial charge in [-0.2, -0.15) is 0 Å². The number of nitrogens with zero attached hydrogens (tertiary/aromatic N) is 1. The Morgan fingerprint density at radius 3 is 3.00 bits per heavy atom. The van der Waals surface area contributed by atoms with Gasteiger partial charge in [-0.25, -0.2) is 4.98 Å². The van der Waals surface area contributed by atoms with Gasteiger partial charge in [0.1, 0.15) is 11.5 Å². The number of nitrogens with two attached hydrogens (primary N) is 1. The maximum absolute atomic E-state index is 12.1. The highest BCUT2D eigenvalue weighted by molar-refractivity contribution is 5.97. The summed E-state index contributed by atoms with van der Waals surface area (Å²) in [6.45, 7) is 4.38. The molecular weight excluding hydrogens is 330 g/mol. The molecule has 136 valence electrons. The van der Waals surface area contributed by atoms with Gasteiger partial charge in [0.25, 0.3) is 0 Å². The van der Waals surface area contributed by atoms with Crippen LogP contribution in [0.2, 0.25) is 0 Å². The summed E-state index contributed by atoms with van der Waals surface area (Å²) in [5, 5.41) is 2.79. The summed E-state index contributed by atoms with van der Waals surface area (Å²) in [5.41, 5.74) is 6.78. The van der Waals surface area contributed by atoms with Gasteiger partial charge in [0.05, 0.1) is 24.0 Å². The van der Waals surface area contributed by atoms with Gasteiger partial charge in [-0.3, -0.25) is 4.79 Å². The average Bonchev–Trinajstić information content (AvgIpc) is 3.43. The second kappa shape index (κ2) is 6.29. The average molecular weight is 353 g/mol. The first-order chi connectivity index (χ1) is 12.5. The van der Waals surface area contributed by atoms with Crippen molar-refractivity contribution in [1.82, 2.24) is 4.98 Å². The van der Waals surface area contributed by atoms with Gasteiger partial charge in [0.2, 0.25) is 11.8 Å². The number of hydrogen-bond donors (Lipinski definition) is 2. The van der Waals surface area contributed by atoms with Gasteiger partial charge in [-0.05, 0) is 43.9 Å². The Labute approximate surface area is 152 Å². The van der Waals surface area contributed by atoms with Crippen LogP contribution in [0.3, 0.4) is 0 Å². The van der Waals surface area contributed by atoms with Gasteiger partial charge in [-0.1, -0.05) is 13.0 Å². The van der Waals surface area contributed by atoms with E-state index in [2.05, 4.69) is 10.3 Å². The van der Waals surface area contributed by atoms with Crippen LogP contribution >= 0.6 is 0 Å². The first-order valence-electron chi connectivity index (χ1n) is 8.98. The number of pyridine rings is 1. The molecule has 6 heteroatoms. The molecule has 1 aliphatic heterocycles. The fraction of sp³-hybridized carbons (Fsp3) is 0.400. The summed E-state index contributed by atoms with van der Waals surface area (Å²) < 4.78 is 11.8. The number of aromatic nitrogens is 1. The number of carbonyl (C=O) groups excluding carboxylic acids is 1. The summed E-state index contributed by atoms with van der Waals surface area (Å²) >= 11 is 0. The number of rotatable bonds is 5. The Hall–Kier alpha value is -2.60. The van der Waals surface area contributed by atoms with Crippen molar-refractivity contribution in [2.24, 2.45) is 11.7 Å². The molecule has 26 heavy (non-hydrogen) atoms.